The lowest BCUT2D eigenvalue weighted by Gasteiger charge is -2.16. The van der Waals surface area contributed by atoms with Gasteiger partial charge in [-0.05, 0) is 28.0 Å². The molecule has 0 spiro atoms. The van der Waals surface area contributed by atoms with Gasteiger partial charge in [0.2, 0.25) is 5.88 Å². The summed E-state index contributed by atoms with van der Waals surface area (Å²) >= 11 is 0. The van der Waals surface area contributed by atoms with E-state index in [4.69, 9.17) is 4.74 Å². The molecule has 2 aromatic carbocycles. The van der Waals surface area contributed by atoms with Crippen molar-refractivity contribution in [2.24, 2.45) is 0 Å². The molecule has 1 unspecified atom stereocenters. The van der Waals surface area contributed by atoms with E-state index < -0.39 is 23.0 Å². The lowest BCUT2D eigenvalue weighted by molar-refractivity contribution is -0.702. The van der Waals surface area contributed by atoms with Crippen molar-refractivity contribution in [3.8, 4) is 11.6 Å². The Morgan fingerprint density at radius 1 is 1.03 bits per heavy atom. The van der Waals surface area contributed by atoms with Crippen molar-refractivity contribution in [1.82, 2.24) is 14.7 Å². The minimum atomic E-state index is -0.905. The van der Waals surface area contributed by atoms with Gasteiger partial charge in [-0.3, -0.25) is 14.8 Å². The summed E-state index contributed by atoms with van der Waals surface area (Å²) in [6.07, 6.45) is 0. The van der Waals surface area contributed by atoms with E-state index >= 15 is 0 Å². The van der Waals surface area contributed by atoms with E-state index in [9.17, 15) is 19.9 Å². The number of aromatic nitrogens is 4. The third-order valence-electron chi connectivity index (χ3n) is 5.88. The van der Waals surface area contributed by atoms with Gasteiger partial charge in [-0.2, -0.15) is 0 Å². The Kier molecular flexibility index (Phi) is 5.78. The number of nitrogens with zero attached hydrogens (tertiary/aromatic N) is 2. The molecule has 4 aromatic rings. The number of nitrogens with one attached hydrogen (secondary N) is 2. The van der Waals surface area contributed by atoms with Crippen LogP contribution in [0.4, 0.5) is 0 Å². The van der Waals surface area contributed by atoms with E-state index in [0.29, 0.717) is 29.4 Å². The van der Waals surface area contributed by atoms with Crippen molar-refractivity contribution >= 4 is 0 Å². The second kappa shape index (κ2) is 8.70. The highest BCUT2D eigenvalue weighted by Gasteiger charge is 2.38. The number of hydrogen-bond acceptors (Lipinski definition) is 5. The summed E-state index contributed by atoms with van der Waals surface area (Å²) in [5.74, 6) is -0.502. The minimum Gasteiger partial charge on any atom is -0.497 e. The van der Waals surface area contributed by atoms with Crippen LogP contribution in [0.2, 0.25) is 0 Å². The van der Waals surface area contributed by atoms with Crippen LogP contribution in [-0.2, 0) is 6.54 Å². The van der Waals surface area contributed by atoms with E-state index in [1.165, 1.54) is 0 Å². The number of methoxy groups -OCH3 is 1. The van der Waals surface area contributed by atoms with Crippen molar-refractivity contribution < 1.29 is 19.6 Å². The standard InChI is InChI=1S/C24H24N4O5/c1-14-15(2)28(32)23(27(14)13-16-7-5-4-6-8-16)19(17-9-11-18(33-3)12-10-17)20-21(29)25-24(31)26-22(20)30/h4-12,19H,13H2,1-3H3,(H3-,25,26,29,30,31,32)/p+1. The van der Waals surface area contributed by atoms with Crippen molar-refractivity contribution in [2.45, 2.75) is 26.3 Å². The van der Waals surface area contributed by atoms with Gasteiger partial charge in [0.25, 0.3) is 5.56 Å². The first-order valence-electron chi connectivity index (χ1n) is 10.4. The van der Waals surface area contributed by atoms with Gasteiger partial charge in [0.05, 0.1) is 12.7 Å². The molecule has 0 radical (unpaired) electrons. The number of aromatic hydroxyl groups is 1. The predicted molar refractivity (Wildman–Crippen MR) is 120 cm³/mol. The third-order valence-corrected chi connectivity index (χ3v) is 5.88. The van der Waals surface area contributed by atoms with Crippen LogP contribution in [0.5, 0.6) is 11.6 Å². The second-order valence-electron chi connectivity index (χ2n) is 7.79. The van der Waals surface area contributed by atoms with Crippen LogP contribution in [0, 0.1) is 13.8 Å². The van der Waals surface area contributed by atoms with Crippen LogP contribution in [0.3, 0.4) is 0 Å². The summed E-state index contributed by atoms with van der Waals surface area (Å²) in [6.45, 7) is 4.06. The van der Waals surface area contributed by atoms with E-state index in [0.717, 1.165) is 16.0 Å². The maximum atomic E-state index is 12.9. The Balaban J connectivity index is 2.02. The average molecular weight is 449 g/mol. The zero-order valence-electron chi connectivity index (χ0n) is 18.5. The molecule has 2 aromatic heterocycles. The molecule has 0 amide bonds. The van der Waals surface area contributed by atoms with E-state index in [1.807, 2.05) is 41.8 Å². The lowest BCUT2D eigenvalue weighted by atomic mass is 9.91. The number of imidazole rings is 1. The molecule has 0 aliphatic rings. The molecule has 170 valence electrons. The highest BCUT2D eigenvalue weighted by molar-refractivity contribution is 5.43. The predicted octanol–water partition coefficient (Wildman–Crippen LogP) is 1.95. The second-order valence-corrected chi connectivity index (χ2v) is 7.79. The Morgan fingerprint density at radius 3 is 2.30 bits per heavy atom. The minimum absolute atomic E-state index is 0.0885. The fraction of sp³-hybridized carbons (Fsp3) is 0.208. The number of H-pyrrole nitrogens is 2. The molecule has 0 aliphatic heterocycles. The van der Waals surface area contributed by atoms with Gasteiger partial charge in [-0.15, -0.1) is 0 Å². The summed E-state index contributed by atoms with van der Waals surface area (Å²) in [7, 11) is 1.55. The maximum absolute atomic E-state index is 12.9. The normalized spacial score (nSPS) is 12.0. The van der Waals surface area contributed by atoms with Crippen molar-refractivity contribution in [3.05, 3.63) is 109 Å². The summed E-state index contributed by atoms with van der Waals surface area (Å²) < 4.78 is 8.17. The highest BCUT2D eigenvalue weighted by Crippen LogP contribution is 2.33. The largest absolute Gasteiger partial charge is 0.497 e. The van der Waals surface area contributed by atoms with Crippen LogP contribution < -0.4 is 20.6 Å². The molecule has 4 N–H and O–H groups in total. The lowest BCUT2D eigenvalue weighted by Crippen LogP contribution is -2.43. The van der Waals surface area contributed by atoms with Crippen LogP contribution in [0.1, 0.15) is 39.8 Å². The molecular formula is C24H25N4O5+. The summed E-state index contributed by atoms with van der Waals surface area (Å²) in [4.78, 5) is 29.0. The molecule has 9 nitrogen and oxygen atoms in total. The van der Waals surface area contributed by atoms with Gasteiger partial charge in [-0.1, -0.05) is 42.5 Å². The van der Waals surface area contributed by atoms with Gasteiger partial charge in [0, 0.05) is 13.8 Å². The number of hydrogen-bond donors (Lipinski definition) is 4. The van der Waals surface area contributed by atoms with Crippen LogP contribution in [-0.4, -0.2) is 32.1 Å². The maximum Gasteiger partial charge on any atom is 0.328 e. The zero-order chi connectivity index (χ0) is 23.7. The van der Waals surface area contributed by atoms with E-state index in [-0.39, 0.29) is 5.56 Å². The van der Waals surface area contributed by atoms with E-state index in [1.54, 1.807) is 38.3 Å². The van der Waals surface area contributed by atoms with Gasteiger partial charge in [-0.25, -0.2) is 9.36 Å². The number of ether oxygens (including phenoxy) is 1. The molecule has 0 saturated heterocycles. The van der Waals surface area contributed by atoms with Gasteiger partial charge < -0.3 is 15.1 Å². The average Bonchev–Trinajstić information content (AvgIpc) is 3.00. The summed E-state index contributed by atoms with van der Waals surface area (Å²) in [5.41, 5.74) is 1.31. The Bertz CT molecular complexity index is 1400. The molecule has 0 saturated carbocycles. The number of aromatic amines is 2. The molecule has 0 fully saturated rings. The van der Waals surface area contributed by atoms with Crippen molar-refractivity contribution in [3.63, 3.8) is 0 Å². The SMILES string of the molecule is COc1ccc(C(c2c(O)[nH]c(=O)[nH]c2=O)c2n(O)c(C)c(C)[n+]2Cc2ccccc2)cc1. The summed E-state index contributed by atoms with van der Waals surface area (Å²) in [6, 6.07) is 16.6. The first-order chi connectivity index (χ1) is 15.8. The van der Waals surface area contributed by atoms with Crippen LogP contribution >= 0.6 is 0 Å². The molecule has 33 heavy (non-hydrogen) atoms. The van der Waals surface area contributed by atoms with Crippen molar-refractivity contribution in [2.75, 3.05) is 7.11 Å². The monoisotopic (exact) mass is 449 g/mol. The van der Waals surface area contributed by atoms with Crippen molar-refractivity contribution in [1.29, 1.82) is 0 Å². The smallest absolute Gasteiger partial charge is 0.328 e. The van der Waals surface area contributed by atoms with Gasteiger partial charge >= 0.3 is 11.5 Å². The Morgan fingerprint density at radius 2 is 1.70 bits per heavy atom. The third kappa shape index (κ3) is 4.00. The number of benzene rings is 2. The van der Waals surface area contributed by atoms with Gasteiger partial charge in [0.1, 0.15) is 23.9 Å². The molecular weight excluding hydrogens is 424 g/mol. The molecule has 9 heteroatoms. The fourth-order valence-electron chi connectivity index (χ4n) is 4.04. The summed E-state index contributed by atoms with van der Waals surface area (Å²) in [5, 5.41) is 21.7. The Labute approximate surface area is 189 Å². The van der Waals surface area contributed by atoms with Gasteiger partial charge in [0.15, 0.2) is 5.69 Å². The molecule has 4 rings (SSSR count). The highest BCUT2D eigenvalue weighted by atomic mass is 16.5. The quantitative estimate of drug-likeness (QED) is 0.265. The van der Waals surface area contributed by atoms with E-state index in [2.05, 4.69) is 9.97 Å². The molecule has 1 atom stereocenters. The van der Waals surface area contributed by atoms with Crippen LogP contribution in [0.25, 0.3) is 0 Å². The molecule has 0 bridgehead atoms. The number of rotatable bonds is 6. The van der Waals surface area contributed by atoms with Crippen LogP contribution in [0.15, 0.2) is 64.2 Å². The topological polar surface area (TPSA) is 124 Å². The molecule has 0 aliphatic carbocycles. The fourth-order valence-corrected chi connectivity index (χ4v) is 4.04. The first kappa shape index (κ1) is 21.9. The molecule has 2 heterocycles. The zero-order valence-corrected chi connectivity index (χ0v) is 18.5. The Hall–Kier alpha value is -4.27. The first-order valence-corrected chi connectivity index (χ1v) is 10.4.